The first kappa shape index (κ1) is 12.6. The maximum absolute atomic E-state index is 6.07. The molecule has 0 spiro atoms. The third kappa shape index (κ3) is 2.90. The molecule has 2 aromatic rings. The van der Waals surface area contributed by atoms with Gasteiger partial charge < -0.3 is 10.5 Å². The van der Waals surface area contributed by atoms with Crippen LogP contribution in [0.15, 0.2) is 36.7 Å². The van der Waals surface area contributed by atoms with Gasteiger partial charge in [-0.1, -0.05) is 25.1 Å². The maximum atomic E-state index is 6.07. The topological polar surface area (TPSA) is 53.1 Å². The van der Waals surface area contributed by atoms with Crippen molar-refractivity contribution >= 4 is 0 Å². The molecule has 0 amide bonds. The molecule has 18 heavy (non-hydrogen) atoms. The van der Waals surface area contributed by atoms with Gasteiger partial charge in [0.15, 0.2) is 0 Å². The molecule has 96 valence electrons. The highest BCUT2D eigenvalue weighted by Gasteiger charge is 2.10. The fraction of sp³-hybridized carbons (Fsp3) is 0.357. The average Bonchev–Trinajstić information content (AvgIpc) is 2.81. The minimum atomic E-state index is 0.0232. The summed E-state index contributed by atoms with van der Waals surface area (Å²) in [6.07, 6.45) is 4.65. The van der Waals surface area contributed by atoms with Gasteiger partial charge in [-0.15, -0.1) is 0 Å². The van der Waals surface area contributed by atoms with Crippen molar-refractivity contribution in [3.63, 3.8) is 0 Å². The van der Waals surface area contributed by atoms with Crippen LogP contribution >= 0.6 is 0 Å². The Hall–Kier alpha value is -1.81. The van der Waals surface area contributed by atoms with Gasteiger partial charge in [-0.3, -0.25) is 4.68 Å². The minimum Gasteiger partial charge on any atom is -0.488 e. The number of rotatable bonds is 5. The van der Waals surface area contributed by atoms with Gasteiger partial charge in [-0.2, -0.15) is 5.10 Å². The molecule has 0 bridgehead atoms. The monoisotopic (exact) mass is 245 g/mol. The van der Waals surface area contributed by atoms with Gasteiger partial charge in [0.05, 0.1) is 6.20 Å². The van der Waals surface area contributed by atoms with Gasteiger partial charge in [0.1, 0.15) is 12.4 Å². The zero-order chi connectivity index (χ0) is 13.0. The molecule has 1 heterocycles. The number of para-hydroxylation sites is 1. The maximum Gasteiger partial charge on any atom is 0.124 e. The predicted octanol–water partition coefficient (Wildman–Crippen LogP) is 2.41. The number of benzene rings is 1. The second-order valence-corrected chi connectivity index (χ2v) is 4.36. The molecule has 0 saturated carbocycles. The van der Waals surface area contributed by atoms with E-state index in [-0.39, 0.29) is 6.04 Å². The van der Waals surface area contributed by atoms with E-state index in [1.54, 1.807) is 4.68 Å². The lowest BCUT2D eigenvalue weighted by atomic mass is 10.0. The van der Waals surface area contributed by atoms with Crippen LogP contribution in [0.1, 0.15) is 30.5 Å². The molecule has 0 aliphatic rings. The van der Waals surface area contributed by atoms with Gasteiger partial charge >= 0.3 is 0 Å². The van der Waals surface area contributed by atoms with Crippen LogP contribution in [0.5, 0.6) is 5.75 Å². The molecule has 4 nitrogen and oxygen atoms in total. The lowest BCUT2D eigenvalue weighted by Gasteiger charge is -2.15. The summed E-state index contributed by atoms with van der Waals surface area (Å²) in [6.45, 7) is 2.59. The van der Waals surface area contributed by atoms with E-state index in [0.717, 1.165) is 23.3 Å². The van der Waals surface area contributed by atoms with Crippen LogP contribution in [0.4, 0.5) is 0 Å². The molecule has 1 aromatic carbocycles. The molecule has 0 fully saturated rings. The number of aryl methyl sites for hydroxylation is 1. The van der Waals surface area contributed by atoms with Crippen LogP contribution in [0.3, 0.4) is 0 Å². The average molecular weight is 245 g/mol. The van der Waals surface area contributed by atoms with Crippen LogP contribution in [0.2, 0.25) is 0 Å². The lowest BCUT2D eigenvalue weighted by molar-refractivity contribution is 0.300. The van der Waals surface area contributed by atoms with Crippen molar-refractivity contribution in [2.24, 2.45) is 12.8 Å². The number of hydrogen-bond acceptors (Lipinski definition) is 3. The van der Waals surface area contributed by atoms with Crippen LogP contribution < -0.4 is 10.5 Å². The summed E-state index contributed by atoms with van der Waals surface area (Å²) < 4.78 is 7.59. The molecular weight excluding hydrogens is 226 g/mol. The van der Waals surface area contributed by atoms with Gasteiger partial charge in [0, 0.05) is 30.4 Å². The van der Waals surface area contributed by atoms with Crippen molar-refractivity contribution in [2.75, 3.05) is 0 Å². The summed E-state index contributed by atoms with van der Waals surface area (Å²) in [5.41, 5.74) is 8.18. The molecule has 0 aliphatic heterocycles. The Balaban J connectivity index is 2.09. The molecule has 0 unspecified atom stereocenters. The summed E-state index contributed by atoms with van der Waals surface area (Å²) in [7, 11) is 1.89. The van der Waals surface area contributed by atoms with E-state index >= 15 is 0 Å². The van der Waals surface area contributed by atoms with E-state index in [2.05, 4.69) is 12.0 Å². The third-order valence-corrected chi connectivity index (χ3v) is 2.91. The van der Waals surface area contributed by atoms with E-state index < -0.39 is 0 Å². The Morgan fingerprint density at radius 3 is 2.83 bits per heavy atom. The lowest BCUT2D eigenvalue weighted by Crippen LogP contribution is -2.10. The summed E-state index contributed by atoms with van der Waals surface area (Å²) in [4.78, 5) is 0. The normalized spacial score (nSPS) is 12.4. The Bertz CT molecular complexity index is 507. The van der Waals surface area contributed by atoms with Gasteiger partial charge in [-0.05, 0) is 12.5 Å². The van der Waals surface area contributed by atoms with Crippen LogP contribution in [-0.4, -0.2) is 9.78 Å². The fourth-order valence-electron chi connectivity index (χ4n) is 1.85. The predicted molar refractivity (Wildman–Crippen MR) is 71.2 cm³/mol. The number of nitrogens with two attached hydrogens (primary N) is 1. The summed E-state index contributed by atoms with van der Waals surface area (Å²) in [6, 6.07) is 7.95. The standard InChI is InChI=1S/C14H19N3O/c1-3-13(15)12-6-4-5-7-14(12)18-10-11-8-16-17(2)9-11/h4-9,13H,3,10,15H2,1-2H3/t13-/m0/s1. The highest BCUT2D eigenvalue weighted by molar-refractivity contribution is 5.35. The largest absolute Gasteiger partial charge is 0.488 e. The van der Waals surface area contributed by atoms with Crippen LogP contribution in [0.25, 0.3) is 0 Å². The molecule has 4 heteroatoms. The second kappa shape index (κ2) is 5.69. The Labute approximate surface area is 107 Å². The summed E-state index contributed by atoms with van der Waals surface area (Å²) in [5.74, 6) is 0.857. The van der Waals surface area contributed by atoms with Crippen molar-refractivity contribution in [2.45, 2.75) is 26.0 Å². The molecular formula is C14H19N3O. The van der Waals surface area contributed by atoms with Crippen molar-refractivity contribution in [3.8, 4) is 5.75 Å². The molecule has 2 rings (SSSR count). The summed E-state index contributed by atoms with van der Waals surface area (Å²) in [5, 5.41) is 4.11. The van der Waals surface area contributed by atoms with E-state index in [1.807, 2.05) is 43.7 Å². The fourth-order valence-corrected chi connectivity index (χ4v) is 1.85. The molecule has 0 saturated heterocycles. The zero-order valence-corrected chi connectivity index (χ0v) is 10.8. The van der Waals surface area contributed by atoms with E-state index in [0.29, 0.717) is 6.61 Å². The first-order valence-corrected chi connectivity index (χ1v) is 6.15. The molecule has 1 aromatic heterocycles. The van der Waals surface area contributed by atoms with Crippen LogP contribution in [-0.2, 0) is 13.7 Å². The van der Waals surface area contributed by atoms with Gasteiger partial charge in [0.25, 0.3) is 0 Å². The number of hydrogen-bond donors (Lipinski definition) is 1. The molecule has 0 aliphatic carbocycles. The Kier molecular flexibility index (Phi) is 3.99. The number of aromatic nitrogens is 2. The summed E-state index contributed by atoms with van der Waals surface area (Å²) >= 11 is 0. The smallest absolute Gasteiger partial charge is 0.124 e. The molecule has 0 radical (unpaired) electrons. The number of nitrogens with zero attached hydrogens (tertiary/aromatic N) is 2. The second-order valence-electron chi connectivity index (χ2n) is 4.36. The minimum absolute atomic E-state index is 0.0232. The first-order valence-electron chi connectivity index (χ1n) is 6.15. The van der Waals surface area contributed by atoms with Crippen molar-refractivity contribution in [1.29, 1.82) is 0 Å². The molecule has 2 N–H and O–H groups in total. The highest BCUT2D eigenvalue weighted by Crippen LogP contribution is 2.25. The van der Waals surface area contributed by atoms with Crippen molar-refractivity contribution < 1.29 is 4.74 Å². The van der Waals surface area contributed by atoms with Crippen molar-refractivity contribution in [1.82, 2.24) is 9.78 Å². The van der Waals surface area contributed by atoms with Gasteiger partial charge in [-0.25, -0.2) is 0 Å². The highest BCUT2D eigenvalue weighted by atomic mass is 16.5. The van der Waals surface area contributed by atoms with Gasteiger partial charge in [0.2, 0.25) is 0 Å². The number of ether oxygens (including phenoxy) is 1. The van der Waals surface area contributed by atoms with E-state index in [4.69, 9.17) is 10.5 Å². The van der Waals surface area contributed by atoms with Crippen molar-refractivity contribution in [3.05, 3.63) is 47.8 Å². The van der Waals surface area contributed by atoms with E-state index in [9.17, 15) is 0 Å². The molecule has 1 atom stereocenters. The third-order valence-electron chi connectivity index (χ3n) is 2.91. The van der Waals surface area contributed by atoms with Crippen LogP contribution in [0, 0.1) is 0 Å². The zero-order valence-electron chi connectivity index (χ0n) is 10.8. The Morgan fingerprint density at radius 2 is 2.17 bits per heavy atom. The SMILES string of the molecule is CC[C@H](N)c1ccccc1OCc1cnn(C)c1. The van der Waals surface area contributed by atoms with E-state index in [1.165, 1.54) is 0 Å². The first-order chi connectivity index (χ1) is 8.70. The quantitative estimate of drug-likeness (QED) is 0.880. The Morgan fingerprint density at radius 1 is 1.39 bits per heavy atom.